The lowest BCUT2D eigenvalue weighted by Crippen LogP contribution is -2.36. The lowest BCUT2D eigenvalue weighted by Gasteiger charge is -2.19. The number of pyridine rings is 1. The molecule has 172 valence electrons. The van der Waals surface area contributed by atoms with Crippen LogP contribution in [0.15, 0.2) is 59.5 Å². The fourth-order valence-corrected chi connectivity index (χ4v) is 3.64. The van der Waals surface area contributed by atoms with Crippen LogP contribution in [0.25, 0.3) is 0 Å². The standard InChI is InChI=1S/C23H21Cl2N3O5/c1-13-2-4-14(5-3-13)18(11-20(30)31)26-23(33)27-21-19(29)8-9-28(22(21)32)12-15-6-7-16(24)10-17(15)25/h2-10,18,29H,11-12H2,1H3,(H,30,31)(H2,26,27,33)/t18-/m0/s1. The molecule has 3 aromatic rings. The number of carboxylic acid groups (broad SMARTS) is 1. The van der Waals surface area contributed by atoms with Crippen molar-refractivity contribution in [2.75, 3.05) is 5.32 Å². The van der Waals surface area contributed by atoms with Gasteiger partial charge in [0, 0.05) is 16.2 Å². The average Bonchev–Trinajstić information content (AvgIpc) is 2.74. The van der Waals surface area contributed by atoms with Crippen molar-refractivity contribution in [1.29, 1.82) is 0 Å². The van der Waals surface area contributed by atoms with E-state index in [-0.39, 0.29) is 18.7 Å². The van der Waals surface area contributed by atoms with Crippen molar-refractivity contribution in [2.45, 2.75) is 25.9 Å². The second-order valence-electron chi connectivity index (χ2n) is 7.40. The maximum Gasteiger partial charge on any atom is 0.319 e. The van der Waals surface area contributed by atoms with E-state index >= 15 is 0 Å². The zero-order valence-electron chi connectivity index (χ0n) is 17.5. The number of halogens is 2. The van der Waals surface area contributed by atoms with Gasteiger partial charge in [-0.1, -0.05) is 59.1 Å². The summed E-state index contributed by atoms with van der Waals surface area (Å²) in [4.78, 5) is 36.8. The molecular weight excluding hydrogens is 469 g/mol. The summed E-state index contributed by atoms with van der Waals surface area (Å²) in [5, 5.41) is 25.1. The summed E-state index contributed by atoms with van der Waals surface area (Å²) < 4.78 is 1.26. The highest BCUT2D eigenvalue weighted by molar-refractivity contribution is 6.35. The maximum absolute atomic E-state index is 12.9. The molecule has 0 fully saturated rings. The zero-order chi connectivity index (χ0) is 24.1. The van der Waals surface area contributed by atoms with Gasteiger partial charge >= 0.3 is 12.0 Å². The highest BCUT2D eigenvalue weighted by Crippen LogP contribution is 2.23. The average molecular weight is 490 g/mol. The summed E-state index contributed by atoms with van der Waals surface area (Å²) in [5.41, 5.74) is 1.17. The number of urea groups is 1. The van der Waals surface area contributed by atoms with Crippen LogP contribution in [-0.2, 0) is 11.3 Å². The molecular formula is C23H21Cl2N3O5. The largest absolute Gasteiger partial charge is 0.505 e. The van der Waals surface area contributed by atoms with Crippen molar-refractivity contribution in [2.24, 2.45) is 0 Å². The van der Waals surface area contributed by atoms with E-state index in [9.17, 15) is 24.6 Å². The monoisotopic (exact) mass is 489 g/mol. The number of anilines is 1. The molecule has 2 aromatic carbocycles. The minimum absolute atomic E-state index is 0.0798. The molecule has 0 saturated heterocycles. The van der Waals surface area contributed by atoms with Gasteiger partial charge in [-0.3, -0.25) is 9.59 Å². The van der Waals surface area contributed by atoms with Gasteiger partial charge in [0.25, 0.3) is 5.56 Å². The number of carboxylic acids is 1. The van der Waals surface area contributed by atoms with Gasteiger partial charge in [-0.2, -0.15) is 0 Å². The maximum atomic E-state index is 12.9. The fraction of sp³-hybridized carbons (Fsp3) is 0.174. The molecule has 10 heteroatoms. The van der Waals surface area contributed by atoms with Crippen molar-refractivity contribution in [3.8, 4) is 5.75 Å². The Hall–Kier alpha value is -3.49. The van der Waals surface area contributed by atoms with E-state index in [1.54, 1.807) is 42.5 Å². The predicted molar refractivity (Wildman–Crippen MR) is 126 cm³/mol. The lowest BCUT2D eigenvalue weighted by atomic mass is 10.0. The molecule has 0 saturated carbocycles. The van der Waals surface area contributed by atoms with Crippen molar-refractivity contribution in [3.63, 3.8) is 0 Å². The number of nitrogens with zero attached hydrogens (tertiary/aromatic N) is 1. The molecule has 0 aliphatic carbocycles. The van der Waals surface area contributed by atoms with Crippen LogP contribution in [0.4, 0.5) is 10.5 Å². The number of carbonyl (C=O) groups excluding carboxylic acids is 1. The number of nitrogens with one attached hydrogen (secondary N) is 2. The van der Waals surface area contributed by atoms with Crippen LogP contribution in [0.5, 0.6) is 5.75 Å². The van der Waals surface area contributed by atoms with Gasteiger partial charge in [-0.25, -0.2) is 4.79 Å². The lowest BCUT2D eigenvalue weighted by molar-refractivity contribution is -0.137. The van der Waals surface area contributed by atoms with Crippen LogP contribution in [0.2, 0.25) is 10.0 Å². The molecule has 3 rings (SSSR count). The second-order valence-corrected chi connectivity index (χ2v) is 8.25. The van der Waals surface area contributed by atoms with Crippen molar-refractivity contribution in [3.05, 3.63) is 91.8 Å². The molecule has 0 unspecified atom stereocenters. The highest BCUT2D eigenvalue weighted by Gasteiger charge is 2.20. The molecule has 33 heavy (non-hydrogen) atoms. The first-order chi connectivity index (χ1) is 15.6. The summed E-state index contributed by atoms with van der Waals surface area (Å²) in [7, 11) is 0. The topological polar surface area (TPSA) is 121 Å². The van der Waals surface area contributed by atoms with E-state index in [0.29, 0.717) is 21.2 Å². The van der Waals surface area contributed by atoms with Crippen molar-refractivity contribution >= 4 is 40.9 Å². The van der Waals surface area contributed by atoms with E-state index in [4.69, 9.17) is 23.2 Å². The number of rotatable bonds is 7. The van der Waals surface area contributed by atoms with Crippen LogP contribution < -0.4 is 16.2 Å². The molecule has 0 radical (unpaired) electrons. The molecule has 8 nitrogen and oxygen atoms in total. The second kappa shape index (κ2) is 10.4. The molecule has 0 aliphatic rings. The number of aromatic nitrogens is 1. The third-order valence-electron chi connectivity index (χ3n) is 4.90. The number of aromatic hydroxyl groups is 1. The summed E-state index contributed by atoms with van der Waals surface area (Å²) in [6, 6.07) is 11.5. The van der Waals surface area contributed by atoms with E-state index < -0.39 is 29.4 Å². The van der Waals surface area contributed by atoms with E-state index in [2.05, 4.69) is 10.6 Å². The minimum atomic E-state index is -1.11. The van der Waals surface area contributed by atoms with Crippen LogP contribution in [0.3, 0.4) is 0 Å². The van der Waals surface area contributed by atoms with E-state index in [1.807, 2.05) is 6.92 Å². The van der Waals surface area contributed by atoms with Crippen molar-refractivity contribution in [1.82, 2.24) is 9.88 Å². The van der Waals surface area contributed by atoms with Gasteiger partial charge in [0.2, 0.25) is 0 Å². The van der Waals surface area contributed by atoms with Crippen molar-refractivity contribution < 1.29 is 19.8 Å². The molecule has 2 amide bonds. The predicted octanol–water partition coefficient (Wildman–Crippen LogP) is 4.55. The number of hydrogen-bond acceptors (Lipinski definition) is 4. The van der Waals surface area contributed by atoms with Crippen LogP contribution in [0, 0.1) is 6.92 Å². The summed E-state index contributed by atoms with van der Waals surface area (Å²) in [6.45, 7) is 1.97. The Morgan fingerprint density at radius 3 is 2.42 bits per heavy atom. The number of carbonyl (C=O) groups is 2. The fourth-order valence-electron chi connectivity index (χ4n) is 3.17. The SMILES string of the molecule is Cc1ccc([C@H](CC(=O)O)NC(=O)Nc2c(O)ccn(Cc3ccc(Cl)cc3Cl)c2=O)cc1. The van der Waals surface area contributed by atoms with Gasteiger partial charge in [0.15, 0.2) is 5.69 Å². The smallest absolute Gasteiger partial charge is 0.319 e. The molecule has 4 N–H and O–H groups in total. The first kappa shape index (κ1) is 24.2. The van der Waals surface area contributed by atoms with Gasteiger partial charge < -0.3 is 25.4 Å². The van der Waals surface area contributed by atoms with Gasteiger partial charge in [-0.15, -0.1) is 0 Å². The summed E-state index contributed by atoms with van der Waals surface area (Å²) >= 11 is 12.1. The first-order valence-electron chi connectivity index (χ1n) is 9.86. The van der Waals surface area contributed by atoms with E-state index in [1.165, 1.54) is 16.8 Å². The first-order valence-corrected chi connectivity index (χ1v) is 10.6. The zero-order valence-corrected chi connectivity index (χ0v) is 19.0. The molecule has 1 heterocycles. The van der Waals surface area contributed by atoms with Gasteiger partial charge in [0.1, 0.15) is 5.75 Å². The third kappa shape index (κ3) is 6.27. The normalized spacial score (nSPS) is 11.6. The number of hydrogen-bond donors (Lipinski definition) is 4. The Kier molecular flexibility index (Phi) is 7.63. The summed E-state index contributed by atoms with van der Waals surface area (Å²) in [6.07, 6.45) is 1.00. The molecule has 1 atom stereocenters. The van der Waals surface area contributed by atoms with Crippen LogP contribution in [-0.4, -0.2) is 26.8 Å². The Morgan fingerprint density at radius 1 is 1.09 bits per heavy atom. The minimum Gasteiger partial charge on any atom is -0.505 e. The third-order valence-corrected chi connectivity index (χ3v) is 5.49. The van der Waals surface area contributed by atoms with Gasteiger partial charge in [-0.05, 0) is 36.2 Å². The Morgan fingerprint density at radius 2 is 1.79 bits per heavy atom. The van der Waals surface area contributed by atoms with Crippen LogP contribution in [0.1, 0.15) is 29.2 Å². The summed E-state index contributed by atoms with van der Waals surface area (Å²) in [5.74, 6) is -1.54. The Balaban J connectivity index is 1.81. The Labute approximate surface area is 199 Å². The highest BCUT2D eigenvalue weighted by atomic mass is 35.5. The number of aryl methyl sites for hydroxylation is 1. The number of benzene rings is 2. The van der Waals surface area contributed by atoms with Gasteiger partial charge in [0.05, 0.1) is 19.0 Å². The number of amides is 2. The van der Waals surface area contributed by atoms with E-state index in [0.717, 1.165) is 5.56 Å². The molecule has 1 aromatic heterocycles. The molecule has 0 bridgehead atoms. The quantitative estimate of drug-likeness (QED) is 0.387. The Bertz CT molecular complexity index is 1240. The molecule has 0 spiro atoms. The van der Waals surface area contributed by atoms with Crippen LogP contribution >= 0.6 is 23.2 Å². The molecule has 0 aliphatic heterocycles. The number of aliphatic carboxylic acids is 1.